The van der Waals surface area contributed by atoms with Crippen molar-refractivity contribution < 1.29 is 9.53 Å². The van der Waals surface area contributed by atoms with Crippen LogP contribution >= 0.6 is 11.8 Å². The van der Waals surface area contributed by atoms with Crippen molar-refractivity contribution in [3.8, 4) is 5.75 Å². The molecule has 0 unspecified atom stereocenters. The Morgan fingerprint density at radius 1 is 1.21 bits per heavy atom. The number of amides is 1. The van der Waals surface area contributed by atoms with E-state index in [4.69, 9.17) is 4.74 Å². The van der Waals surface area contributed by atoms with Gasteiger partial charge in [0.1, 0.15) is 5.75 Å². The fourth-order valence-electron chi connectivity index (χ4n) is 3.70. The van der Waals surface area contributed by atoms with Crippen molar-refractivity contribution in [3.63, 3.8) is 0 Å². The maximum Gasteiger partial charge on any atom is 0.224 e. The summed E-state index contributed by atoms with van der Waals surface area (Å²) in [6, 6.07) is 14.2. The smallest absolute Gasteiger partial charge is 0.224 e. The third-order valence-electron chi connectivity index (χ3n) is 5.22. The molecule has 0 radical (unpaired) electrons. The number of fused-ring (bicyclic) bond motifs is 1. The number of nitrogens with zero attached hydrogens (tertiary/aromatic N) is 1. The van der Waals surface area contributed by atoms with Gasteiger partial charge in [-0.05, 0) is 72.7 Å². The molecule has 1 heterocycles. The van der Waals surface area contributed by atoms with Gasteiger partial charge in [0, 0.05) is 25.2 Å². The van der Waals surface area contributed by atoms with Crippen molar-refractivity contribution >= 4 is 23.4 Å². The summed E-state index contributed by atoms with van der Waals surface area (Å²) in [4.78, 5) is 14.9. The molecule has 28 heavy (non-hydrogen) atoms. The van der Waals surface area contributed by atoms with Gasteiger partial charge >= 0.3 is 0 Å². The molecule has 0 aliphatic carbocycles. The lowest BCUT2D eigenvalue weighted by Gasteiger charge is -2.29. The second-order valence-electron chi connectivity index (χ2n) is 7.22. The lowest BCUT2D eigenvalue weighted by atomic mass is 9.99. The number of ether oxygens (including phenoxy) is 1. The number of para-hydroxylation sites is 1. The first kappa shape index (κ1) is 20.7. The van der Waals surface area contributed by atoms with Crippen LogP contribution in [0, 0.1) is 0 Å². The Hall–Kier alpha value is -1.98. The molecule has 1 aliphatic heterocycles. The van der Waals surface area contributed by atoms with Crippen LogP contribution in [0.1, 0.15) is 29.5 Å². The molecular formula is C23H30N2O2S. The Labute approximate surface area is 172 Å². The van der Waals surface area contributed by atoms with E-state index in [1.54, 1.807) is 7.11 Å². The zero-order valence-electron chi connectivity index (χ0n) is 16.9. The van der Waals surface area contributed by atoms with E-state index in [2.05, 4.69) is 28.6 Å². The zero-order valence-corrected chi connectivity index (χ0v) is 17.7. The molecule has 1 amide bonds. The number of hydrogen-bond donors (Lipinski definition) is 1. The molecule has 0 bridgehead atoms. The molecule has 0 atom stereocenters. The van der Waals surface area contributed by atoms with E-state index in [-0.39, 0.29) is 5.91 Å². The van der Waals surface area contributed by atoms with Crippen molar-refractivity contribution in [2.24, 2.45) is 0 Å². The lowest BCUT2D eigenvalue weighted by molar-refractivity contribution is -0.116. The largest absolute Gasteiger partial charge is 0.496 e. The van der Waals surface area contributed by atoms with E-state index in [0.717, 1.165) is 43.1 Å². The molecule has 2 aromatic carbocycles. The van der Waals surface area contributed by atoms with Gasteiger partial charge in [0.15, 0.2) is 0 Å². The lowest BCUT2D eigenvalue weighted by Crippen LogP contribution is -2.31. The van der Waals surface area contributed by atoms with Crippen molar-refractivity contribution in [2.45, 2.75) is 32.2 Å². The maximum atomic E-state index is 12.4. The highest BCUT2D eigenvalue weighted by Gasteiger charge is 2.16. The highest BCUT2D eigenvalue weighted by Crippen LogP contribution is 2.24. The van der Waals surface area contributed by atoms with Gasteiger partial charge in [-0.25, -0.2) is 0 Å². The minimum Gasteiger partial charge on any atom is -0.496 e. The van der Waals surface area contributed by atoms with Gasteiger partial charge in [-0.15, -0.1) is 0 Å². The number of carbonyl (C=O) groups is 1. The average molecular weight is 399 g/mol. The monoisotopic (exact) mass is 398 g/mol. The van der Waals surface area contributed by atoms with Gasteiger partial charge in [0.25, 0.3) is 0 Å². The Balaban J connectivity index is 1.55. The third-order valence-corrected chi connectivity index (χ3v) is 5.91. The average Bonchev–Trinajstić information content (AvgIpc) is 2.72. The van der Waals surface area contributed by atoms with E-state index >= 15 is 0 Å². The van der Waals surface area contributed by atoms with Gasteiger partial charge in [0.2, 0.25) is 5.91 Å². The van der Waals surface area contributed by atoms with Crippen molar-refractivity contribution in [1.29, 1.82) is 0 Å². The topological polar surface area (TPSA) is 41.6 Å². The van der Waals surface area contributed by atoms with Crippen LogP contribution in [0.4, 0.5) is 5.69 Å². The Morgan fingerprint density at radius 2 is 2.07 bits per heavy atom. The summed E-state index contributed by atoms with van der Waals surface area (Å²) < 4.78 is 5.37. The van der Waals surface area contributed by atoms with Crippen LogP contribution in [0.15, 0.2) is 42.5 Å². The second-order valence-corrected chi connectivity index (χ2v) is 8.20. The number of aryl methyl sites for hydroxylation is 1. The molecule has 0 spiro atoms. The number of anilines is 1. The SMILES string of the molecule is COc1ccccc1CCC(=O)Nc1ccc2c(c1)CN(CCCSC)CC2. The molecule has 2 aromatic rings. The first-order valence-electron chi connectivity index (χ1n) is 9.94. The molecule has 0 aromatic heterocycles. The first-order valence-corrected chi connectivity index (χ1v) is 11.3. The number of methoxy groups -OCH3 is 1. The van der Waals surface area contributed by atoms with Crippen molar-refractivity contribution in [1.82, 2.24) is 4.90 Å². The third kappa shape index (κ3) is 5.76. The number of carbonyl (C=O) groups excluding carboxylic acids is 1. The predicted molar refractivity (Wildman–Crippen MR) is 118 cm³/mol. The summed E-state index contributed by atoms with van der Waals surface area (Å²) in [6.07, 6.45) is 5.60. The molecule has 1 aliphatic rings. The Bertz CT molecular complexity index is 794. The van der Waals surface area contributed by atoms with Gasteiger partial charge in [-0.1, -0.05) is 24.3 Å². The molecule has 5 heteroatoms. The quantitative estimate of drug-likeness (QED) is 0.637. The maximum absolute atomic E-state index is 12.4. The summed E-state index contributed by atoms with van der Waals surface area (Å²) in [5.41, 5.74) is 4.72. The van der Waals surface area contributed by atoms with Crippen molar-refractivity contribution in [2.75, 3.05) is 37.5 Å². The normalized spacial score (nSPS) is 13.8. The van der Waals surface area contributed by atoms with Crippen LogP contribution in [0.3, 0.4) is 0 Å². The standard InChI is InChI=1S/C23H30N2O2S/c1-27-22-7-4-3-6-19(22)9-11-23(26)24-21-10-8-18-12-14-25(13-5-15-28-2)17-20(18)16-21/h3-4,6-8,10,16H,5,9,11-15,17H2,1-2H3,(H,24,26). The number of rotatable bonds is 9. The fourth-order valence-corrected chi connectivity index (χ4v) is 4.12. The van der Waals surface area contributed by atoms with Gasteiger partial charge in [0.05, 0.1) is 7.11 Å². The molecule has 1 N–H and O–H groups in total. The highest BCUT2D eigenvalue weighted by atomic mass is 32.2. The Morgan fingerprint density at radius 3 is 2.89 bits per heavy atom. The molecular weight excluding hydrogens is 368 g/mol. The molecule has 4 nitrogen and oxygen atoms in total. The fraction of sp³-hybridized carbons (Fsp3) is 0.435. The number of thioether (sulfide) groups is 1. The van der Waals surface area contributed by atoms with Crippen LogP contribution in [-0.4, -0.2) is 43.0 Å². The minimum absolute atomic E-state index is 0.0403. The van der Waals surface area contributed by atoms with E-state index in [1.165, 1.54) is 23.3 Å². The second kappa shape index (κ2) is 10.5. The van der Waals surface area contributed by atoms with E-state index in [0.29, 0.717) is 12.8 Å². The van der Waals surface area contributed by atoms with E-state index in [1.807, 2.05) is 42.1 Å². The van der Waals surface area contributed by atoms with Crippen LogP contribution in [0.5, 0.6) is 5.75 Å². The van der Waals surface area contributed by atoms with E-state index < -0.39 is 0 Å². The number of nitrogens with one attached hydrogen (secondary N) is 1. The molecule has 0 saturated heterocycles. The van der Waals surface area contributed by atoms with Gasteiger partial charge in [-0.2, -0.15) is 11.8 Å². The predicted octanol–water partition coefficient (Wildman–Crippen LogP) is 4.38. The van der Waals surface area contributed by atoms with Crippen LogP contribution < -0.4 is 10.1 Å². The highest BCUT2D eigenvalue weighted by molar-refractivity contribution is 7.98. The molecule has 3 rings (SSSR count). The minimum atomic E-state index is 0.0403. The summed E-state index contributed by atoms with van der Waals surface area (Å²) in [5, 5.41) is 3.07. The van der Waals surface area contributed by atoms with Gasteiger partial charge < -0.3 is 10.1 Å². The van der Waals surface area contributed by atoms with Crippen molar-refractivity contribution in [3.05, 3.63) is 59.2 Å². The molecule has 0 fully saturated rings. The molecule has 0 saturated carbocycles. The molecule has 150 valence electrons. The zero-order chi connectivity index (χ0) is 19.8. The summed E-state index contributed by atoms with van der Waals surface area (Å²) in [6.45, 7) is 3.26. The first-order chi connectivity index (χ1) is 13.7. The summed E-state index contributed by atoms with van der Waals surface area (Å²) in [5.74, 6) is 2.09. The number of benzene rings is 2. The van der Waals surface area contributed by atoms with Crippen LogP contribution in [0.2, 0.25) is 0 Å². The Kier molecular flexibility index (Phi) is 7.80. The summed E-state index contributed by atoms with van der Waals surface area (Å²) >= 11 is 1.91. The number of hydrogen-bond acceptors (Lipinski definition) is 4. The van der Waals surface area contributed by atoms with E-state index in [9.17, 15) is 4.79 Å². The van der Waals surface area contributed by atoms with Crippen LogP contribution in [0.25, 0.3) is 0 Å². The summed E-state index contributed by atoms with van der Waals surface area (Å²) in [7, 11) is 1.66. The van der Waals surface area contributed by atoms with Crippen LogP contribution in [-0.2, 0) is 24.2 Å². The van der Waals surface area contributed by atoms with Gasteiger partial charge in [-0.3, -0.25) is 9.69 Å².